The second-order valence-electron chi connectivity index (χ2n) is 16.1. The van der Waals surface area contributed by atoms with Gasteiger partial charge in [-0.3, -0.25) is 9.80 Å². The molecule has 0 saturated carbocycles. The van der Waals surface area contributed by atoms with Crippen molar-refractivity contribution in [2.75, 3.05) is 73.7 Å². The summed E-state index contributed by atoms with van der Waals surface area (Å²) in [4.78, 5) is 22.2. The Morgan fingerprint density at radius 2 is 1.01 bits per heavy atom. The van der Waals surface area contributed by atoms with Crippen molar-refractivity contribution in [2.24, 2.45) is 0 Å². The molecule has 13 nitrogen and oxygen atoms in total. The number of likely N-dealkylation sites (tertiary alicyclic amines) is 2. The van der Waals surface area contributed by atoms with Gasteiger partial charge in [-0.15, -0.1) is 13.2 Å². The van der Waals surface area contributed by atoms with Crippen molar-refractivity contribution in [3.63, 3.8) is 0 Å². The standard InChI is InChI=1S/C24H25ClF3N5O.C24H26F3N5O2/c1-16-15-29-23(32-22(16)30-18-6-9-21(25)20(14-18)24(26,27)28)31-17-4-7-19(8-5-17)34-13-12-33-10-2-3-11-33;1-17-16-28-23(31-22(17)29-19-5-4-6-21(15-19)34-24(25,26)27)30-18-7-9-20(10-8-18)33-14-13-32-11-2-3-12-32/h4-9,14-15H,2-3,10-13H2,1H3,(H2,29,30,31,32);4-10,15-16H,2-3,11-14H2,1H3,(H2,28,29,30,31). The first kappa shape index (κ1) is 49.3. The highest BCUT2D eigenvalue weighted by Gasteiger charge is 2.33. The molecule has 2 aliphatic rings. The fraction of sp³-hybridized carbons (Fsp3) is 0.333. The van der Waals surface area contributed by atoms with Crippen molar-refractivity contribution in [3.05, 3.63) is 125 Å². The minimum absolute atomic E-state index is 0.222. The van der Waals surface area contributed by atoms with Gasteiger partial charge in [0.05, 0.1) is 10.6 Å². The maximum absolute atomic E-state index is 13.2. The SMILES string of the molecule is Cc1cnc(Nc2ccc(OCCN3CCCC3)cc2)nc1Nc1ccc(Cl)c(C(F)(F)F)c1.Cc1cnc(Nc2ccc(OCCN3CCCC3)cc2)nc1Nc1cccc(OC(F)(F)F)c1. The molecular formula is C48H51ClF6N10O3. The predicted molar refractivity (Wildman–Crippen MR) is 251 cm³/mol. The fourth-order valence-electron chi connectivity index (χ4n) is 7.25. The number of aromatic nitrogens is 4. The lowest BCUT2D eigenvalue weighted by Crippen LogP contribution is -2.25. The third kappa shape index (κ3) is 15.2. The molecule has 0 bridgehead atoms. The number of hydrogen-bond acceptors (Lipinski definition) is 13. The van der Waals surface area contributed by atoms with Gasteiger partial charge in [-0.05, 0) is 145 Å². The number of hydrogen-bond donors (Lipinski definition) is 4. The summed E-state index contributed by atoms with van der Waals surface area (Å²) in [6.45, 7) is 11.3. The van der Waals surface area contributed by atoms with Gasteiger partial charge < -0.3 is 35.5 Å². The predicted octanol–water partition coefficient (Wildman–Crippen LogP) is 12.1. The summed E-state index contributed by atoms with van der Waals surface area (Å²) in [5, 5.41) is 11.8. The van der Waals surface area contributed by atoms with E-state index < -0.39 is 18.1 Å². The van der Waals surface area contributed by atoms with Crippen molar-refractivity contribution in [3.8, 4) is 17.2 Å². The normalized spacial score (nSPS) is 14.2. The highest BCUT2D eigenvalue weighted by Crippen LogP contribution is 2.37. The number of nitrogens with one attached hydrogen (secondary N) is 4. The number of anilines is 8. The van der Waals surface area contributed by atoms with Gasteiger partial charge in [-0.2, -0.15) is 23.1 Å². The molecule has 4 N–H and O–H groups in total. The van der Waals surface area contributed by atoms with E-state index in [4.69, 9.17) is 21.1 Å². The Kier molecular flexibility index (Phi) is 16.7. The van der Waals surface area contributed by atoms with E-state index in [-0.39, 0.29) is 16.5 Å². The Hall–Kier alpha value is -6.57. The molecule has 2 fully saturated rings. The third-order valence-electron chi connectivity index (χ3n) is 10.8. The van der Waals surface area contributed by atoms with E-state index in [1.54, 1.807) is 32.3 Å². The fourth-order valence-corrected chi connectivity index (χ4v) is 7.47. The lowest BCUT2D eigenvalue weighted by Gasteiger charge is -2.15. The second kappa shape index (κ2) is 23.0. The van der Waals surface area contributed by atoms with E-state index in [1.807, 2.05) is 48.5 Å². The molecule has 68 heavy (non-hydrogen) atoms. The number of halogens is 7. The molecule has 2 saturated heterocycles. The third-order valence-corrected chi connectivity index (χ3v) is 11.1. The van der Waals surface area contributed by atoms with E-state index in [0.29, 0.717) is 48.0 Å². The van der Waals surface area contributed by atoms with Gasteiger partial charge >= 0.3 is 12.5 Å². The van der Waals surface area contributed by atoms with Crippen LogP contribution in [-0.4, -0.2) is 88.6 Å². The molecule has 0 spiro atoms. The van der Waals surface area contributed by atoms with Crippen LogP contribution >= 0.6 is 11.6 Å². The summed E-state index contributed by atoms with van der Waals surface area (Å²) in [6, 6.07) is 24.2. The maximum Gasteiger partial charge on any atom is 0.573 e. The number of rotatable bonds is 17. The van der Waals surface area contributed by atoms with Gasteiger partial charge in [-0.1, -0.05) is 17.7 Å². The molecule has 20 heteroatoms. The molecule has 2 aliphatic heterocycles. The van der Waals surface area contributed by atoms with E-state index in [1.165, 1.54) is 56.0 Å². The van der Waals surface area contributed by atoms with Gasteiger partial charge in [0.2, 0.25) is 11.9 Å². The molecule has 4 heterocycles. The lowest BCUT2D eigenvalue weighted by atomic mass is 10.2. The summed E-state index contributed by atoms with van der Waals surface area (Å²) >= 11 is 5.70. The van der Waals surface area contributed by atoms with Crippen molar-refractivity contribution in [2.45, 2.75) is 52.1 Å². The van der Waals surface area contributed by atoms with Crippen molar-refractivity contribution in [1.82, 2.24) is 29.7 Å². The monoisotopic (exact) mass is 964 g/mol. The largest absolute Gasteiger partial charge is 0.573 e. The minimum atomic E-state index is -4.75. The maximum atomic E-state index is 13.2. The lowest BCUT2D eigenvalue weighted by molar-refractivity contribution is -0.274. The van der Waals surface area contributed by atoms with Crippen LogP contribution in [0.2, 0.25) is 5.02 Å². The quantitative estimate of drug-likeness (QED) is 0.0647. The molecule has 0 amide bonds. The van der Waals surface area contributed by atoms with Crippen LogP contribution in [-0.2, 0) is 6.18 Å². The molecule has 0 radical (unpaired) electrons. The number of benzene rings is 4. The van der Waals surface area contributed by atoms with Crippen molar-refractivity contribution >= 4 is 57.9 Å². The highest BCUT2D eigenvalue weighted by atomic mass is 35.5. The van der Waals surface area contributed by atoms with Crippen LogP contribution in [0, 0.1) is 13.8 Å². The van der Waals surface area contributed by atoms with Crippen LogP contribution in [0.15, 0.2) is 103 Å². The summed E-state index contributed by atoms with van der Waals surface area (Å²) in [5.41, 5.74) is 2.66. The van der Waals surface area contributed by atoms with E-state index >= 15 is 0 Å². The average molecular weight is 965 g/mol. The van der Waals surface area contributed by atoms with Gasteiger partial charge in [-0.25, -0.2) is 9.97 Å². The van der Waals surface area contributed by atoms with Crippen LogP contribution in [0.4, 0.5) is 72.6 Å². The van der Waals surface area contributed by atoms with Crippen molar-refractivity contribution in [1.29, 1.82) is 0 Å². The number of ether oxygens (including phenoxy) is 3. The first-order chi connectivity index (χ1) is 32.6. The minimum Gasteiger partial charge on any atom is -0.492 e. The first-order valence-corrected chi connectivity index (χ1v) is 22.4. The Morgan fingerprint density at radius 3 is 1.47 bits per heavy atom. The zero-order valence-electron chi connectivity index (χ0n) is 37.4. The Bertz CT molecular complexity index is 2560. The molecule has 2 aromatic heterocycles. The zero-order chi connectivity index (χ0) is 48.1. The van der Waals surface area contributed by atoms with E-state index in [9.17, 15) is 26.3 Å². The molecule has 6 aromatic rings. The van der Waals surface area contributed by atoms with Gasteiger partial charge in [0.1, 0.15) is 42.1 Å². The molecular weight excluding hydrogens is 914 g/mol. The molecule has 0 aliphatic carbocycles. The first-order valence-electron chi connectivity index (χ1n) is 22.0. The number of alkyl halides is 6. The molecule has 8 rings (SSSR count). The number of aryl methyl sites for hydroxylation is 2. The smallest absolute Gasteiger partial charge is 0.492 e. The zero-order valence-corrected chi connectivity index (χ0v) is 38.1. The highest BCUT2D eigenvalue weighted by molar-refractivity contribution is 6.31. The van der Waals surface area contributed by atoms with Gasteiger partial charge in [0, 0.05) is 65.4 Å². The van der Waals surface area contributed by atoms with Gasteiger partial charge in [0.15, 0.2) is 0 Å². The van der Waals surface area contributed by atoms with E-state index in [0.717, 1.165) is 73.8 Å². The molecule has 360 valence electrons. The average Bonchev–Trinajstić information content (AvgIpc) is 4.03. The topological polar surface area (TPSA) is 134 Å². The second-order valence-corrected chi connectivity index (χ2v) is 16.5. The van der Waals surface area contributed by atoms with Crippen molar-refractivity contribution < 1.29 is 40.6 Å². The van der Waals surface area contributed by atoms with Crippen LogP contribution < -0.4 is 35.5 Å². The molecule has 0 unspecified atom stereocenters. The Balaban J connectivity index is 0.000000201. The van der Waals surface area contributed by atoms with E-state index in [2.05, 4.69) is 55.7 Å². The Morgan fingerprint density at radius 1 is 0.559 bits per heavy atom. The summed E-state index contributed by atoms with van der Waals surface area (Å²) in [6.07, 6.45) is -1.05. The van der Waals surface area contributed by atoms with Crippen LogP contribution in [0.1, 0.15) is 42.4 Å². The Labute approximate surface area is 395 Å². The van der Waals surface area contributed by atoms with Crippen LogP contribution in [0.25, 0.3) is 0 Å². The van der Waals surface area contributed by atoms with Gasteiger partial charge in [0.25, 0.3) is 0 Å². The summed E-state index contributed by atoms with van der Waals surface area (Å²) < 4.78 is 92.6. The number of nitrogens with zero attached hydrogens (tertiary/aromatic N) is 6. The molecule has 0 atom stereocenters. The summed E-state index contributed by atoms with van der Waals surface area (Å²) in [7, 11) is 0. The summed E-state index contributed by atoms with van der Waals surface area (Å²) in [5.74, 6) is 2.75. The van der Waals surface area contributed by atoms with Crippen LogP contribution in [0.5, 0.6) is 17.2 Å². The van der Waals surface area contributed by atoms with Crippen LogP contribution in [0.3, 0.4) is 0 Å². The molecule has 4 aromatic carbocycles.